The maximum Gasteiger partial charge on any atom is 0.320 e. The Morgan fingerprint density at radius 3 is 1.94 bits per heavy atom. The molecule has 0 aliphatic rings. The Balaban J connectivity index is 0. The third-order valence-electron chi connectivity index (χ3n) is 1.71. The molecule has 17 heavy (non-hydrogen) atoms. The van der Waals surface area contributed by atoms with Gasteiger partial charge in [0, 0.05) is 6.42 Å². The fraction of sp³-hybridized carbons (Fsp3) is 0.556. The van der Waals surface area contributed by atoms with Crippen molar-refractivity contribution >= 4 is 39.9 Å². The Hall–Kier alpha value is -1.12. The van der Waals surface area contributed by atoms with Gasteiger partial charge in [-0.05, 0) is 6.42 Å². The molecule has 0 aromatic rings. The van der Waals surface area contributed by atoms with Crippen LogP contribution in [-0.2, 0) is 9.59 Å². The van der Waals surface area contributed by atoms with Crippen LogP contribution in [-0.4, -0.2) is 56.1 Å². The first-order chi connectivity index (χ1) is 7.88. The normalized spacial score (nSPS) is 10.5. The van der Waals surface area contributed by atoms with E-state index in [4.69, 9.17) is 26.5 Å². The summed E-state index contributed by atoms with van der Waals surface area (Å²) in [5, 5.41) is 32.4. The zero-order valence-electron chi connectivity index (χ0n) is 9.46. The van der Waals surface area contributed by atoms with Crippen LogP contribution in [0.2, 0.25) is 3.67 Å². The number of hydrogen-bond acceptors (Lipinski definition) is 5. The van der Waals surface area contributed by atoms with E-state index in [2.05, 4.69) is 0 Å². The van der Waals surface area contributed by atoms with Crippen molar-refractivity contribution in [1.82, 2.24) is 0 Å². The van der Waals surface area contributed by atoms with E-state index in [-0.39, 0.29) is 18.8 Å². The average Bonchev–Trinajstić information content (AvgIpc) is 2.28. The van der Waals surface area contributed by atoms with E-state index >= 15 is 0 Å². The van der Waals surface area contributed by atoms with E-state index in [9.17, 15) is 9.59 Å². The quantitative estimate of drug-likeness (QED) is 0.556. The molecule has 4 N–H and O–H groups in total. The molecule has 0 radical (unpaired) electrons. The summed E-state index contributed by atoms with van der Waals surface area (Å²) < 4.78 is 0.771. The van der Waals surface area contributed by atoms with E-state index < -0.39 is 18.0 Å². The zero-order valence-corrected chi connectivity index (χ0v) is 11.5. The molecule has 0 spiro atoms. The topological polar surface area (TPSA) is 148 Å². The Morgan fingerprint density at radius 1 is 1.29 bits per heavy atom. The van der Waals surface area contributed by atoms with Gasteiger partial charge in [0.05, 0.1) is 0 Å². The van der Waals surface area contributed by atoms with Gasteiger partial charge in [-0.25, -0.2) is 0 Å². The molecular weight excluding hydrogens is 237 g/mol. The van der Waals surface area contributed by atoms with Crippen molar-refractivity contribution in [1.29, 1.82) is 10.5 Å². The first kappa shape index (κ1) is 18.3. The van der Waals surface area contributed by atoms with Crippen LogP contribution in [0.25, 0.3) is 0 Å². The summed E-state index contributed by atoms with van der Waals surface area (Å²) in [6.07, 6.45) is -0.224. The predicted molar refractivity (Wildman–Crippen MR) is 57.8 cm³/mol. The van der Waals surface area contributed by atoms with Crippen LogP contribution in [0, 0.1) is 28.6 Å². The van der Waals surface area contributed by atoms with Gasteiger partial charge in [-0.15, -0.1) is 0 Å². The van der Waals surface area contributed by atoms with Crippen LogP contribution in [0.3, 0.4) is 0 Å². The largest absolute Gasteiger partial charge is 0.481 e. The fourth-order valence-corrected chi connectivity index (χ4v) is 0.979. The number of hydrogen-bond donors (Lipinski definition) is 3. The molecule has 1 atom stereocenters. The molecule has 0 rings (SSSR count). The van der Waals surface area contributed by atoms with Crippen molar-refractivity contribution in [2.24, 2.45) is 11.7 Å². The molecule has 7 nitrogen and oxygen atoms in total. The average molecular weight is 249 g/mol. The molecule has 0 bridgehead atoms. The third kappa shape index (κ3) is 12.8. The number of rotatable bonds is 5. The van der Waals surface area contributed by atoms with Crippen LogP contribution in [0.15, 0.2) is 0 Å². The number of carboxylic acid groups (broad SMARTS) is 2. The van der Waals surface area contributed by atoms with E-state index in [1.807, 2.05) is 12.1 Å². The summed E-state index contributed by atoms with van der Waals surface area (Å²) in [4.78, 5) is 19.9. The van der Waals surface area contributed by atoms with Crippen molar-refractivity contribution in [3.05, 3.63) is 0 Å². The van der Waals surface area contributed by atoms with Gasteiger partial charge in [0.2, 0.25) is 0 Å². The number of nitrogens with zero attached hydrogens (tertiary/aromatic N) is 2. The van der Waals surface area contributed by atoms with Gasteiger partial charge >= 0.3 is 72.1 Å². The standard InChI is InChI=1S/C5H9NO4.C4H3N2.Na/c6-3(5(9)10)1-2-4(7)8;1-4(2-5)3-6;/h3H,1-2,6H2,(H,7,8)(H,9,10);4H,1H2;. The van der Waals surface area contributed by atoms with E-state index in [0.29, 0.717) is 0 Å². The monoisotopic (exact) mass is 249 g/mol. The summed E-state index contributed by atoms with van der Waals surface area (Å²) in [5.74, 6) is -2.54. The van der Waals surface area contributed by atoms with Gasteiger partial charge in [0.25, 0.3) is 0 Å². The van der Waals surface area contributed by atoms with Crippen LogP contribution in [0.4, 0.5) is 0 Å². The van der Waals surface area contributed by atoms with Crippen molar-refractivity contribution in [3.8, 4) is 12.1 Å². The molecule has 0 saturated carbocycles. The Labute approximate surface area is 116 Å². The minimum Gasteiger partial charge on any atom is -0.481 e. The maximum atomic E-state index is 9.99. The Kier molecular flexibility index (Phi) is 12.2. The van der Waals surface area contributed by atoms with Crippen LogP contribution in [0.5, 0.6) is 0 Å². The van der Waals surface area contributed by atoms with Gasteiger partial charge in [-0.2, -0.15) is 0 Å². The van der Waals surface area contributed by atoms with Gasteiger partial charge in [0.15, 0.2) is 0 Å². The summed E-state index contributed by atoms with van der Waals surface area (Å²) in [6, 6.07) is 2.69. The Bertz CT molecular complexity index is 320. The minimum atomic E-state index is -1.17. The van der Waals surface area contributed by atoms with Crippen LogP contribution in [0.1, 0.15) is 12.8 Å². The summed E-state index contributed by atoms with van der Waals surface area (Å²) in [5.41, 5.74) is 5.00. The van der Waals surface area contributed by atoms with Gasteiger partial charge in [-0.3, -0.25) is 9.59 Å². The van der Waals surface area contributed by atoms with Crippen molar-refractivity contribution in [3.63, 3.8) is 0 Å². The van der Waals surface area contributed by atoms with Crippen LogP contribution >= 0.6 is 0 Å². The van der Waals surface area contributed by atoms with Gasteiger partial charge in [-0.1, -0.05) is 0 Å². The summed E-state index contributed by atoms with van der Waals surface area (Å²) in [6.45, 7) is 0. The predicted octanol–water partition coefficient (Wildman–Crippen LogP) is -0.500. The molecule has 88 valence electrons. The molecule has 0 saturated heterocycles. The van der Waals surface area contributed by atoms with Crippen molar-refractivity contribution in [2.75, 3.05) is 0 Å². The molecule has 0 heterocycles. The molecule has 1 unspecified atom stereocenters. The fourth-order valence-electron chi connectivity index (χ4n) is 0.614. The summed E-state index contributed by atoms with van der Waals surface area (Å²) in [7, 11) is 0. The SMILES string of the molecule is N#CC(C#N)[CH2][Na].NC(CCC(=O)O)C(=O)O. The van der Waals surface area contributed by atoms with Crippen molar-refractivity contribution < 1.29 is 19.8 Å². The summed E-state index contributed by atoms with van der Waals surface area (Å²) >= 11 is 0.947. The minimum absolute atomic E-state index is 0.0231. The van der Waals surface area contributed by atoms with Gasteiger partial charge < -0.3 is 15.9 Å². The number of carbonyl (C=O) groups is 2. The maximum absolute atomic E-state index is 9.99. The smallest absolute Gasteiger partial charge is 0.320 e. The third-order valence-corrected chi connectivity index (χ3v) is 2.52. The zero-order chi connectivity index (χ0) is 13.8. The molecule has 0 fully saturated rings. The number of nitrogens with two attached hydrogens (primary N) is 1. The number of aliphatic carboxylic acids is 2. The number of nitriles is 2. The second-order valence-corrected chi connectivity index (χ2v) is 3.91. The number of carboxylic acids is 2. The molecule has 0 aliphatic carbocycles. The first-order valence-electron chi connectivity index (χ1n) is 4.88. The van der Waals surface area contributed by atoms with E-state index in [1.54, 1.807) is 0 Å². The molecule has 0 aromatic heterocycles. The van der Waals surface area contributed by atoms with Gasteiger partial charge in [0.1, 0.15) is 6.04 Å². The first-order valence-corrected chi connectivity index (χ1v) is 6.29. The Morgan fingerprint density at radius 2 is 1.76 bits per heavy atom. The molecule has 0 aromatic carbocycles. The molecular formula is C9H12N3NaO4. The molecule has 0 amide bonds. The second kappa shape index (κ2) is 11.4. The molecule has 0 aliphatic heterocycles. The van der Waals surface area contributed by atoms with Crippen molar-refractivity contribution in [2.45, 2.75) is 22.6 Å². The second-order valence-electron chi connectivity index (χ2n) is 3.10. The van der Waals surface area contributed by atoms with E-state index in [1.165, 1.54) is 0 Å². The van der Waals surface area contributed by atoms with Crippen LogP contribution < -0.4 is 5.73 Å². The molecule has 8 heteroatoms. The van der Waals surface area contributed by atoms with E-state index in [0.717, 1.165) is 31.6 Å².